The van der Waals surface area contributed by atoms with E-state index in [9.17, 15) is 22.8 Å². The van der Waals surface area contributed by atoms with Crippen LogP contribution in [-0.2, 0) is 15.9 Å². The minimum Gasteiger partial charge on any atom is -0.406 e. The van der Waals surface area contributed by atoms with Gasteiger partial charge in [-0.15, -0.1) is 33.6 Å². The van der Waals surface area contributed by atoms with Crippen molar-refractivity contribution in [3.8, 4) is 28.4 Å². The third-order valence-electron chi connectivity index (χ3n) is 7.13. The first-order valence-corrected chi connectivity index (χ1v) is 15.6. The normalized spacial score (nSPS) is 11.3. The molecule has 12 nitrogen and oxygen atoms in total. The fourth-order valence-electron chi connectivity index (χ4n) is 4.78. The molecule has 50 heavy (non-hydrogen) atoms. The van der Waals surface area contributed by atoms with Gasteiger partial charge in [-0.05, 0) is 48.4 Å². The van der Waals surface area contributed by atoms with Gasteiger partial charge in [0.15, 0.2) is 12.1 Å². The predicted octanol–water partition coefficient (Wildman–Crippen LogP) is 5.31. The lowest BCUT2D eigenvalue weighted by atomic mass is 10.0. The van der Waals surface area contributed by atoms with Crippen molar-refractivity contribution < 1.29 is 37.0 Å². The van der Waals surface area contributed by atoms with Crippen LogP contribution in [0.5, 0.6) is 5.75 Å². The van der Waals surface area contributed by atoms with E-state index in [1.165, 1.54) is 24.8 Å². The summed E-state index contributed by atoms with van der Waals surface area (Å²) in [6, 6.07) is 21.4. The van der Waals surface area contributed by atoms with E-state index in [2.05, 4.69) is 40.4 Å². The van der Waals surface area contributed by atoms with Crippen LogP contribution in [0.2, 0.25) is 0 Å². The van der Waals surface area contributed by atoms with Crippen LogP contribution in [-0.4, -0.2) is 81.4 Å². The average Bonchev–Trinajstić information content (AvgIpc) is 3.13. The number of carbonyl (C=O) groups is 2. The zero-order chi connectivity index (χ0) is 35.2. The minimum atomic E-state index is -4.75. The fraction of sp³-hybridized carbons (Fsp3) is 0.257. The molecular formula is C35H32F3N7O5. The molecule has 2 heterocycles. The number of benzene rings is 3. The summed E-state index contributed by atoms with van der Waals surface area (Å²) in [6.45, 7) is 1.69. The lowest BCUT2D eigenvalue weighted by molar-refractivity contribution is -0.274. The van der Waals surface area contributed by atoms with Crippen LogP contribution in [0.3, 0.4) is 0 Å². The van der Waals surface area contributed by atoms with Crippen molar-refractivity contribution in [3.05, 3.63) is 114 Å². The summed E-state index contributed by atoms with van der Waals surface area (Å²) in [7, 11) is 0. The van der Waals surface area contributed by atoms with Crippen LogP contribution in [0.4, 0.5) is 13.2 Å². The smallest absolute Gasteiger partial charge is 0.406 e. The second-order valence-corrected chi connectivity index (χ2v) is 10.8. The van der Waals surface area contributed by atoms with Crippen LogP contribution in [0.15, 0.2) is 91.5 Å². The van der Waals surface area contributed by atoms with Crippen molar-refractivity contribution in [1.29, 1.82) is 0 Å². The molecule has 0 bridgehead atoms. The molecule has 15 heteroatoms. The molecule has 0 saturated carbocycles. The Kier molecular flexibility index (Phi) is 12.6. The first kappa shape index (κ1) is 35.6. The number of aromatic nitrogens is 6. The van der Waals surface area contributed by atoms with Gasteiger partial charge in [0.1, 0.15) is 12.1 Å². The maximum absolute atomic E-state index is 12.9. The first-order chi connectivity index (χ1) is 24.2. The Morgan fingerprint density at radius 1 is 0.740 bits per heavy atom. The van der Waals surface area contributed by atoms with Crippen molar-refractivity contribution in [1.82, 2.24) is 35.7 Å². The van der Waals surface area contributed by atoms with Gasteiger partial charge in [-0.1, -0.05) is 42.5 Å². The van der Waals surface area contributed by atoms with Gasteiger partial charge in [0, 0.05) is 53.9 Å². The van der Waals surface area contributed by atoms with Gasteiger partial charge in [-0.25, -0.2) is 9.97 Å². The molecule has 0 aliphatic carbocycles. The van der Waals surface area contributed by atoms with E-state index in [-0.39, 0.29) is 17.4 Å². The number of Topliss-reactive ketones (excluding diaryl/α,β-unsaturated/α-hetero) is 1. The molecule has 258 valence electrons. The number of amides is 1. The van der Waals surface area contributed by atoms with Gasteiger partial charge in [0.25, 0.3) is 5.91 Å². The van der Waals surface area contributed by atoms with Gasteiger partial charge in [0.2, 0.25) is 5.82 Å². The third kappa shape index (κ3) is 11.2. The number of hydrogen-bond donors (Lipinski definition) is 1. The number of carbonyl (C=O) groups excluding carboxylic acids is 2. The van der Waals surface area contributed by atoms with E-state index in [4.69, 9.17) is 9.47 Å². The summed E-state index contributed by atoms with van der Waals surface area (Å²) in [5, 5.41) is 18.0. The molecule has 0 aliphatic rings. The Morgan fingerprint density at radius 2 is 1.44 bits per heavy atom. The van der Waals surface area contributed by atoms with Gasteiger partial charge < -0.3 is 19.5 Å². The third-order valence-corrected chi connectivity index (χ3v) is 7.13. The Balaban J connectivity index is 0.975. The fourth-order valence-corrected chi connectivity index (χ4v) is 4.78. The average molecular weight is 688 g/mol. The van der Waals surface area contributed by atoms with Crippen molar-refractivity contribution >= 4 is 11.7 Å². The van der Waals surface area contributed by atoms with Gasteiger partial charge in [-0.3, -0.25) is 9.59 Å². The van der Waals surface area contributed by atoms with Crippen LogP contribution in [0.25, 0.3) is 22.6 Å². The van der Waals surface area contributed by atoms with E-state index in [0.29, 0.717) is 86.1 Å². The largest absolute Gasteiger partial charge is 0.573 e. The number of alkyl halides is 3. The monoisotopic (exact) mass is 687 g/mol. The lowest BCUT2D eigenvalue weighted by Gasteiger charge is -2.09. The summed E-state index contributed by atoms with van der Waals surface area (Å²) >= 11 is 0. The zero-order valence-corrected chi connectivity index (χ0v) is 26.7. The molecule has 0 aliphatic heterocycles. The number of nitrogens with one attached hydrogen (secondary N) is 1. The summed E-state index contributed by atoms with van der Waals surface area (Å²) in [4.78, 5) is 34.0. The molecule has 1 amide bonds. The van der Waals surface area contributed by atoms with E-state index in [1.54, 1.807) is 60.7 Å². The highest BCUT2D eigenvalue weighted by molar-refractivity contribution is 5.97. The molecular weight excluding hydrogens is 655 g/mol. The molecule has 3 aromatic carbocycles. The number of nitrogens with zero attached hydrogens (tertiary/aromatic N) is 6. The highest BCUT2D eigenvalue weighted by Crippen LogP contribution is 2.24. The zero-order valence-electron chi connectivity index (χ0n) is 26.7. The topological polar surface area (TPSA) is 151 Å². The van der Waals surface area contributed by atoms with Crippen molar-refractivity contribution in [2.45, 2.75) is 25.6 Å². The first-order valence-electron chi connectivity index (χ1n) is 15.6. The van der Waals surface area contributed by atoms with Crippen LogP contribution in [0, 0.1) is 0 Å². The summed E-state index contributed by atoms with van der Waals surface area (Å²) < 4.78 is 52.3. The molecule has 0 saturated heterocycles. The second kappa shape index (κ2) is 17.6. The van der Waals surface area contributed by atoms with Crippen LogP contribution >= 0.6 is 0 Å². The molecule has 0 fully saturated rings. The molecule has 0 unspecified atom stereocenters. The quantitative estimate of drug-likeness (QED) is 0.100. The predicted molar refractivity (Wildman–Crippen MR) is 174 cm³/mol. The molecule has 0 spiro atoms. The maximum atomic E-state index is 12.9. The molecule has 2 aromatic heterocycles. The number of ketones is 1. The van der Waals surface area contributed by atoms with E-state index >= 15 is 0 Å². The Labute approximate surface area is 285 Å². The van der Waals surface area contributed by atoms with Gasteiger partial charge in [0.05, 0.1) is 25.5 Å². The number of halogens is 3. The van der Waals surface area contributed by atoms with Gasteiger partial charge >= 0.3 is 6.36 Å². The second-order valence-electron chi connectivity index (χ2n) is 10.8. The Bertz CT molecular complexity index is 1860. The number of rotatable bonds is 17. The van der Waals surface area contributed by atoms with Crippen LogP contribution < -0.4 is 10.1 Å². The van der Waals surface area contributed by atoms with Crippen molar-refractivity contribution in [3.63, 3.8) is 0 Å². The number of hydrogen-bond acceptors (Lipinski definition) is 11. The standard InChI is InChI=1S/C35H32F3N7O5/c36-35(37,38)50-30-11-9-24(10-12-30)18-29-21-31(41-22-40-29)25-4-1-5-26(19-25)32(46)8-3-14-48-16-17-49-15-13-39-34(47)28-7-2-6-27(20-28)33-44-42-23-43-45-33/h1-2,4-7,9-12,19-23H,3,8,13-18H2,(H,39,47). The van der Waals surface area contributed by atoms with Crippen LogP contribution in [0.1, 0.15) is 44.8 Å². The summed E-state index contributed by atoms with van der Waals surface area (Å²) in [6.07, 6.45) is -0.905. The molecule has 0 atom stereocenters. The van der Waals surface area contributed by atoms with Crippen molar-refractivity contribution in [2.75, 3.05) is 33.0 Å². The molecule has 0 radical (unpaired) electrons. The summed E-state index contributed by atoms with van der Waals surface area (Å²) in [5.74, 6) is -0.260. The minimum absolute atomic E-state index is 0.0342. The maximum Gasteiger partial charge on any atom is 0.573 e. The molecule has 1 N–H and O–H groups in total. The van der Waals surface area contributed by atoms with E-state index in [0.717, 1.165) is 11.1 Å². The molecule has 5 rings (SSSR count). The van der Waals surface area contributed by atoms with E-state index in [1.807, 2.05) is 6.07 Å². The Hall–Kier alpha value is -5.67. The SMILES string of the molecule is O=C(CCCOCCOCCNC(=O)c1cccc(-c2nncnn2)c1)c1cccc(-c2cc(Cc3ccc(OC(F)(F)F)cc3)ncn2)c1. The number of ether oxygens (including phenoxy) is 3. The Morgan fingerprint density at radius 3 is 2.20 bits per heavy atom. The summed E-state index contributed by atoms with van der Waals surface area (Å²) in [5.41, 5.74) is 4.40. The lowest BCUT2D eigenvalue weighted by Crippen LogP contribution is -2.27. The highest BCUT2D eigenvalue weighted by atomic mass is 19.4. The molecule has 5 aromatic rings. The van der Waals surface area contributed by atoms with Crippen molar-refractivity contribution in [2.24, 2.45) is 0 Å². The van der Waals surface area contributed by atoms with E-state index < -0.39 is 6.36 Å². The highest BCUT2D eigenvalue weighted by Gasteiger charge is 2.31. The van der Waals surface area contributed by atoms with Gasteiger partial charge in [-0.2, -0.15) is 0 Å².